The molecular weight excluding hydrogens is 318 g/mol. The molecule has 1 unspecified atom stereocenters. The zero-order chi connectivity index (χ0) is 17.2. The summed E-state index contributed by atoms with van der Waals surface area (Å²) in [6.45, 7) is 0.997. The number of hydrogen-bond acceptors (Lipinski definition) is 1. The largest absolute Gasteiger partial charge is 0.373 e. The van der Waals surface area contributed by atoms with E-state index in [1.165, 1.54) is 63.5 Å². The second-order valence-electron chi connectivity index (χ2n) is 8.60. The second kappa shape index (κ2) is 7.73. The summed E-state index contributed by atoms with van der Waals surface area (Å²) in [5.41, 5.74) is 0.989. The predicted octanol–water partition coefficient (Wildman–Crippen LogP) is 6.22. The van der Waals surface area contributed by atoms with Gasteiger partial charge in [0.15, 0.2) is 11.6 Å². The van der Waals surface area contributed by atoms with Gasteiger partial charge in [0.25, 0.3) is 0 Å². The van der Waals surface area contributed by atoms with Crippen molar-refractivity contribution in [3.05, 3.63) is 35.4 Å². The molecule has 3 aliphatic rings. The Morgan fingerprint density at radius 2 is 1.44 bits per heavy atom. The number of benzene rings is 1. The van der Waals surface area contributed by atoms with Gasteiger partial charge in [-0.25, -0.2) is 8.78 Å². The van der Waals surface area contributed by atoms with Crippen molar-refractivity contribution in [1.29, 1.82) is 0 Å². The van der Waals surface area contributed by atoms with Gasteiger partial charge < -0.3 is 4.74 Å². The van der Waals surface area contributed by atoms with Crippen LogP contribution in [0, 0.1) is 29.4 Å². The van der Waals surface area contributed by atoms with Crippen LogP contribution in [0.1, 0.15) is 75.7 Å². The molecule has 0 amide bonds. The van der Waals surface area contributed by atoms with Crippen molar-refractivity contribution in [3.63, 3.8) is 0 Å². The maximum atomic E-state index is 13.5. The fourth-order valence-corrected chi connectivity index (χ4v) is 5.29. The average Bonchev–Trinajstić information content (AvgIpc) is 3.47. The summed E-state index contributed by atoms with van der Waals surface area (Å²) in [5, 5.41) is 0. The minimum Gasteiger partial charge on any atom is -0.373 e. The van der Waals surface area contributed by atoms with E-state index >= 15 is 0 Å². The lowest BCUT2D eigenvalue weighted by atomic mass is 9.68. The zero-order valence-electron chi connectivity index (χ0n) is 15.1. The molecule has 1 nitrogen and oxygen atoms in total. The first-order chi connectivity index (χ1) is 12.2. The van der Waals surface area contributed by atoms with E-state index in [0.717, 1.165) is 42.8 Å². The first-order valence-electron chi connectivity index (χ1n) is 10.3. The van der Waals surface area contributed by atoms with Gasteiger partial charge in [-0.05, 0) is 92.7 Å². The van der Waals surface area contributed by atoms with Gasteiger partial charge in [-0.2, -0.15) is 0 Å². The van der Waals surface area contributed by atoms with Crippen molar-refractivity contribution in [2.75, 3.05) is 6.61 Å². The van der Waals surface area contributed by atoms with E-state index in [9.17, 15) is 8.78 Å². The topological polar surface area (TPSA) is 12.5 Å². The molecule has 0 bridgehead atoms. The number of halogens is 2. The van der Waals surface area contributed by atoms with Crippen LogP contribution in [-0.2, 0) is 4.74 Å². The van der Waals surface area contributed by atoms with Crippen molar-refractivity contribution >= 4 is 0 Å². The standard InChI is InChI=1S/C22H30F2O/c23-21-12-10-19(13-22(21)24)18-8-6-17(7-9-18)16-4-1-15(2-5-16)3-11-20-14-25-20/h10,12-13,15-18,20H,1-9,11,14H2. The third-order valence-corrected chi connectivity index (χ3v) is 7.04. The van der Waals surface area contributed by atoms with Gasteiger partial charge in [0.2, 0.25) is 0 Å². The normalized spacial score (nSPS) is 35.5. The molecule has 1 atom stereocenters. The Bertz CT molecular complexity index is 567. The van der Waals surface area contributed by atoms with Crippen molar-refractivity contribution in [2.24, 2.45) is 17.8 Å². The van der Waals surface area contributed by atoms with E-state index in [4.69, 9.17) is 4.74 Å². The van der Waals surface area contributed by atoms with E-state index in [2.05, 4.69) is 0 Å². The Morgan fingerprint density at radius 1 is 0.800 bits per heavy atom. The molecule has 1 heterocycles. The molecule has 1 saturated heterocycles. The molecule has 1 aromatic carbocycles. The van der Waals surface area contributed by atoms with Crippen LogP contribution in [0.4, 0.5) is 8.78 Å². The molecule has 0 aromatic heterocycles. The Kier molecular flexibility index (Phi) is 5.40. The lowest BCUT2D eigenvalue weighted by molar-refractivity contribution is 0.154. The van der Waals surface area contributed by atoms with Crippen LogP contribution in [0.25, 0.3) is 0 Å². The molecule has 25 heavy (non-hydrogen) atoms. The number of ether oxygens (including phenoxy) is 1. The van der Waals surface area contributed by atoms with Crippen LogP contribution in [0.5, 0.6) is 0 Å². The lowest BCUT2D eigenvalue weighted by Crippen LogP contribution is -2.25. The molecule has 0 N–H and O–H groups in total. The van der Waals surface area contributed by atoms with Gasteiger partial charge in [-0.1, -0.05) is 18.9 Å². The highest BCUT2D eigenvalue weighted by Crippen LogP contribution is 2.44. The van der Waals surface area contributed by atoms with Gasteiger partial charge >= 0.3 is 0 Å². The van der Waals surface area contributed by atoms with E-state index < -0.39 is 11.6 Å². The van der Waals surface area contributed by atoms with Gasteiger partial charge in [0, 0.05) is 0 Å². The summed E-state index contributed by atoms with van der Waals surface area (Å²) >= 11 is 0. The summed E-state index contributed by atoms with van der Waals surface area (Å²) < 4.78 is 31.9. The molecular formula is C22H30F2O. The fraction of sp³-hybridized carbons (Fsp3) is 0.727. The lowest BCUT2D eigenvalue weighted by Gasteiger charge is -2.38. The highest BCUT2D eigenvalue weighted by Gasteiger charge is 2.32. The van der Waals surface area contributed by atoms with Crippen LogP contribution in [0.2, 0.25) is 0 Å². The SMILES string of the molecule is Fc1ccc(C2CCC(C3CCC(CCC4CO4)CC3)CC2)cc1F. The third-order valence-electron chi connectivity index (χ3n) is 7.04. The minimum atomic E-state index is -0.734. The monoisotopic (exact) mass is 348 g/mol. The molecule has 0 spiro atoms. The Balaban J connectivity index is 1.22. The molecule has 2 saturated carbocycles. The summed E-state index contributed by atoms with van der Waals surface area (Å²) in [4.78, 5) is 0. The number of hydrogen-bond donors (Lipinski definition) is 0. The highest BCUT2D eigenvalue weighted by atomic mass is 19.2. The molecule has 138 valence electrons. The van der Waals surface area contributed by atoms with E-state index in [1.807, 2.05) is 0 Å². The summed E-state index contributed by atoms with van der Waals surface area (Å²) in [6, 6.07) is 4.47. The van der Waals surface area contributed by atoms with E-state index in [0.29, 0.717) is 12.0 Å². The Morgan fingerprint density at radius 3 is 2.04 bits per heavy atom. The van der Waals surface area contributed by atoms with Gasteiger partial charge in [-0.15, -0.1) is 0 Å². The van der Waals surface area contributed by atoms with E-state index in [1.54, 1.807) is 6.07 Å². The predicted molar refractivity (Wildman–Crippen MR) is 95.5 cm³/mol. The first kappa shape index (κ1) is 17.5. The summed E-state index contributed by atoms with van der Waals surface area (Å²) in [7, 11) is 0. The fourth-order valence-electron chi connectivity index (χ4n) is 5.29. The number of epoxide rings is 1. The molecule has 4 rings (SSSR count). The van der Waals surface area contributed by atoms with Crippen molar-refractivity contribution in [3.8, 4) is 0 Å². The molecule has 3 fully saturated rings. The second-order valence-corrected chi connectivity index (χ2v) is 8.60. The molecule has 3 heteroatoms. The Hall–Kier alpha value is -0.960. The zero-order valence-corrected chi connectivity index (χ0v) is 15.1. The number of rotatable bonds is 5. The van der Waals surface area contributed by atoms with Crippen LogP contribution < -0.4 is 0 Å². The summed E-state index contributed by atoms with van der Waals surface area (Å²) in [5.74, 6) is 1.67. The van der Waals surface area contributed by atoms with Gasteiger partial charge in [0.05, 0.1) is 12.7 Å². The minimum absolute atomic E-state index is 0.418. The first-order valence-corrected chi connectivity index (χ1v) is 10.3. The molecule has 2 aliphatic carbocycles. The van der Waals surface area contributed by atoms with Crippen molar-refractivity contribution < 1.29 is 13.5 Å². The van der Waals surface area contributed by atoms with Crippen LogP contribution >= 0.6 is 0 Å². The maximum absolute atomic E-state index is 13.5. The molecule has 0 radical (unpaired) electrons. The van der Waals surface area contributed by atoms with Crippen LogP contribution in [0.3, 0.4) is 0 Å². The van der Waals surface area contributed by atoms with E-state index in [-0.39, 0.29) is 0 Å². The third kappa shape index (κ3) is 4.42. The molecule has 1 aliphatic heterocycles. The van der Waals surface area contributed by atoms with Crippen LogP contribution in [0.15, 0.2) is 18.2 Å². The quantitative estimate of drug-likeness (QED) is 0.575. The van der Waals surface area contributed by atoms with Gasteiger partial charge in [-0.3, -0.25) is 0 Å². The van der Waals surface area contributed by atoms with Crippen molar-refractivity contribution in [2.45, 2.75) is 76.2 Å². The maximum Gasteiger partial charge on any atom is 0.159 e. The smallest absolute Gasteiger partial charge is 0.159 e. The van der Waals surface area contributed by atoms with Gasteiger partial charge in [0.1, 0.15) is 0 Å². The molecule has 1 aromatic rings. The highest BCUT2D eigenvalue weighted by molar-refractivity contribution is 5.22. The summed E-state index contributed by atoms with van der Waals surface area (Å²) in [6.07, 6.45) is 13.6. The average molecular weight is 348 g/mol. The van der Waals surface area contributed by atoms with Crippen LogP contribution in [-0.4, -0.2) is 12.7 Å². The van der Waals surface area contributed by atoms with Crippen molar-refractivity contribution in [1.82, 2.24) is 0 Å². The Labute approximate surface area is 150 Å².